The summed E-state index contributed by atoms with van der Waals surface area (Å²) < 4.78 is 5.46. The van der Waals surface area contributed by atoms with Gasteiger partial charge in [-0.1, -0.05) is 29.3 Å². The van der Waals surface area contributed by atoms with Gasteiger partial charge in [-0.15, -0.1) is 0 Å². The van der Waals surface area contributed by atoms with E-state index in [2.05, 4.69) is 10.6 Å². The second-order valence-electron chi connectivity index (χ2n) is 4.44. The molecule has 0 saturated carbocycles. The predicted molar refractivity (Wildman–Crippen MR) is 91.1 cm³/mol. The molecule has 0 saturated heterocycles. The van der Waals surface area contributed by atoms with Crippen molar-refractivity contribution in [3.05, 3.63) is 52.5 Å². The molecule has 0 aliphatic heterocycles. The van der Waals surface area contributed by atoms with Crippen LogP contribution < -0.4 is 15.4 Å². The Labute approximate surface area is 135 Å². The Morgan fingerprint density at radius 2 is 1.62 bits per heavy atom. The monoisotopic (exact) mass is 324 g/mol. The molecule has 2 rings (SSSR count). The fourth-order valence-electron chi connectivity index (χ4n) is 1.88. The van der Waals surface area contributed by atoms with Crippen molar-refractivity contribution in [2.24, 2.45) is 0 Å². The van der Waals surface area contributed by atoms with Crippen molar-refractivity contribution < 1.29 is 4.74 Å². The zero-order chi connectivity index (χ0) is 15.1. The number of ether oxygens (including phenoxy) is 1. The van der Waals surface area contributed by atoms with Crippen LogP contribution in [-0.4, -0.2) is 19.7 Å². The summed E-state index contributed by atoms with van der Waals surface area (Å²) in [7, 11) is 0. The normalized spacial score (nSPS) is 10.2. The maximum atomic E-state index is 5.97. The smallest absolute Gasteiger partial charge is 0.121 e. The van der Waals surface area contributed by atoms with Gasteiger partial charge in [-0.2, -0.15) is 0 Å². The highest BCUT2D eigenvalue weighted by molar-refractivity contribution is 6.42. The van der Waals surface area contributed by atoms with Crippen molar-refractivity contribution in [2.75, 3.05) is 30.3 Å². The summed E-state index contributed by atoms with van der Waals surface area (Å²) in [4.78, 5) is 0. The van der Waals surface area contributed by atoms with Gasteiger partial charge in [0.25, 0.3) is 0 Å². The van der Waals surface area contributed by atoms with Crippen molar-refractivity contribution in [1.29, 1.82) is 0 Å². The molecule has 0 spiro atoms. The second-order valence-corrected chi connectivity index (χ2v) is 5.26. The molecule has 21 heavy (non-hydrogen) atoms. The number of halogens is 2. The lowest BCUT2D eigenvalue weighted by Crippen LogP contribution is -2.13. The van der Waals surface area contributed by atoms with E-state index in [0.717, 1.165) is 30.2 Å². The zero-order valence-electron chi connectivity index (χ0n) is 11.8. The Hall–Kier alpha value is -1.58. The minimum atomic E-state index is 0.555. The minimum Gasteiger partial charge on any atom is -0.494 e. The molecule has 0 radical (unpaired) electrons. The van der Waals surface area contributed by atoms with Crippen LogP contribution in [0, 0.1) is 0 Å². The highest BCUT2D eigenvalue weighted by Gasteiger charge is 1.99. The van der Waals surface area contributed by atoms with Gasteiger partial charge in [0.15, 0.2) is 0 Å². The fraction of sp³-hybridized carbons (Fsp3) is 0.250. The van der Waals surface area contributed by atoms with Gasteiger partial charge < -0.3 is 15.4 Å². The average Bonchev–Trinajstić information content (AvgIpc) is 2.48. The van der Waals surface area contributed by atoms with Gasteiger partial charge in [-0.05, 0) is 37.3 Å². The Bertz CT molecular complexity index is 590. The van der Waals surface area contributed by atoms with E-state index < -0.39 is 0 Å². The lowest BCUT2D eigenvalue weighted by molar-refractivity contribution is 0.340. The van der Waals surface area contributed by atoms with Crippen molar-refractivity contribution in [3.8, 4) is 5.75 Å². The second kappa shape index (κ2) is 8.01. The molecule has 2 N–H and O–H groups in total. The first-order valence-corrected chi connectivity index (χ1v) is 7.60. The Balaban J connectivity index is 1.79. The largest absolute Gasteiger partial charge is 0.494 e. The molecule has 0 aromatic heterocycles. The summed E-state index contributed by atoms with van der Waals surface area (Å²) >= 11 is 11.8. The summed E-state index contributed by atoms with van der Waals surface area (Å²) in [5, 5.41) is 7.74. The molecule has 0 heterocycles. The van der Waals surface area contributed by atoms with Gasteiger partial charge in [0, 0.05) is 30.5 Å². The number of hydrogen-bond donors (Lipinski definition) is 2. The van der Waals surface area contributed by atoms with E-state index in [0.29, 0.717) is 16.7 Å². The third-order valence-electron chi connectivity index (χ3n) is 2.85. The van der Waals surface area contributed by atoms with Crippen LogP contribution in [0.1, 0.15) is 6.92 Å². The maximum absolute atomic E-state index is 5.97. The molecule has 112 valence electrons. The molecular formula is C16H18Cl2N2O. The molecule has 2 aromatic rings. The van der Waals surface area contributed by atoms with E-state index in [1.165, 1.54) is 0 Å². The van der Waals surface area contributed by atoms with E-state index in [4.69, 9.17) is 27.9 Å². The molecule has 0 aliphatic carbocycles. The van der Waals surface area contributed by atoms with Crippen LogP contribution in [0.3, 0.4) is 0 Å². The van der Waals surface area contributed by atoms with Gasteiger partial charge in [-0.25, -0.2) is 0 Å². The van der Waals surface area contributed by atoms with E-state index >= 15 is 0 Å². The highest BCUT2D eigenvalue weighted by atomic mass is 35.5. The standard InChI is InChI=1S/C16H18Cl2N2O/c1-2-21-14-5-3-4-12(10-14)19-8-9-20-13-6-7-15(17)16(18)11-13/h3-7,10-11,19-20H,2,8-9H2,1H3. The van der Waals surface area contributed by atoms with Crippen molar-refractivity contribution in [2.45, 2.75) is 6.92 Å². The van der Waals surface area contributed by atoms with Crippen LogP contribution in [0.4, 0.5) is 11.4 Å². The SMILES string of the molecule is CCOc1cccc(NCCNc2ccc(Cl)c(Cl)c2)c1. The number of rotatable bonds is 7. The third-order valence-corrected chi connectivity index (χ3v) is 3.59. The van der Waals surface area contributed by atoms with Gasteiger partial charge in [0.2, 0.25) is 0 Å². The molecule has 0 fully saturated rings. The summed E-state index contributed by atoms with van der Waals surface area (Å²) in [5.74, 6) is 0.875. The quantitative estimate of drug-likeness (QED) is 0.709. The van der Waals surface area contributed by atoms with Gasteiger partial charge >= 0.3 is 0 Å². The molecular weight excluding hydrogens is 307 g/mol. The van der Waals surface area contributed by atoms with Gasteiger partial charge in [-0.3, -0.25) is 0 Å². The topological polar surface area (TPSA) is 33.3 Å². The van der Waals surface area contributed by atoms with Crippen LogP contribution >= 0.6 is 23.2 Å². The maximum Gasteiger partial charge on any atom is 0.121 e. The Kier molecular flexibility index (Phi) is 6.03. The summed E-state index contributed by atoms with van der Waals surface area (Å²) in [6.45, 7) is 4.20. The lowest BCUT2D eigenvalue weighted by atomic mass is 10.3. The predicted octanol–water partition coefficient (Wildman–Crippen LogP) is 4.92. The summed E-state index contributed by atoms with van der Waals surface area (Å²) in [6.07, 6.45) is 0. The van der Waals surface area contributed by atoms with E-state index in [9.17, 15) is 0 Å². The van der Waals surface area contributed by atoms with E-state index in [1.54, 1.807) is 6.07 Å². The highest BCUT2D eigenvalue weighted by Crippen LogP contribution is 2.24. The molecule has 0 bridgehead atoms. The van der Waals surface area contributed by atoms with Crippen LogP contribution in [0.2, 0.25) is 10.0 Å². The number of anilines is 2. The molecule has 0 aliphatic rings. The van der Waals surface area contributed by atoms with Gasteiger partial charge in [0.05, 0.1) is 16.7 Å². The molecule has 0 unspecified atom stereocenters. The first-order valence-electron chi connectivity index (χ1n) is 6.84. The van der Waals surface area contributed by atoms with Crippen molar-refractivity contribution in [1.82, 2.24) is 0 Å². The third kappa shape index (κ3) is 5.03. The van der Waals surface area contributed by atoms with Gasteiger partial charge in [0.1, 0.15) is 5.75 Å². The Morgan fingerprint density at radius 1 is 0.905 bits per heavy atom. The zero-order valence-corrected chi connectivity index (χ0v) is 13.3. The van der Waals surface area contributed by atoms with Crippen LogP contribution in [0.5, 0.6) is 5.75 Å². The van der Waals surface area contributed by atoms with E-state index in [-0.39, 0.29) is 0 Å². The summed E-state index contributed by atoms with van der Waals surface area (Å²) in [5.41, 5.74) is 1.99. The lowest BCUT2D eigenvalue weighted by Gasteiger charge is -2.11. The minimum absolute atomic E-state index is 0.555. The van der Waals surface area contributed by atoms with Crippen LogP contribution in [0.15, 0.2) is 42.5 Å². The number of benzene rings is 2. The molecule has 5 heteroatoms. The fourth-order valence-corrected chi connectivity index (χ4v) is 2.18. The molecule has 2 aromatic carbocycles. The van der Waals surface area contributed by atoms with Crippen LogP contribution in [0.25, 0.3) is 0 Å². The van der Waals surface area contributed by atoms with E-state index in [1.807, 2.05) is 43.3 Å². The van der Waals surface area contributed by atoms with Crippen LogP contribution in [-0.2, 0) is 0 Å². The average molecular weight is 325 g/mol. The summed E-state index contributed by atoms with van der Waals surface area (Å²) in [6, 6.07) is 13.4. The van der Waals surface area contributed by atoms with Crippen molar-refractivity contribution >= 4 is 34.6 Å². The number of nitrogens with one attached hydrogen (secondary N) is 2. The number of hydrogen-bond acceptors (Lipinski definition) is 3. The molecule has 3 nitrogen and oxygen atoms in total. The molecule has 0 amide bonds. The van der Waals surface area contributed by atoms with Crippen molar-refractivity contribution in [3.63, 3.8) is 0 Å². The Morgan fingerprint density at radius 3 is 2.29 bits per heavy atom. The molecule has 0 atom stereocenters. The first kappa shape index (κ1) is 15.8. The first-order chi connectivity index (χ1) is 10.2.